The van der Waals surface area contributed by atoms with Crippen molar-refractivity contribution in [3.05, 3.63) is 113 Å². The molecule has 0 radical (unpaired) electrons. The van der Waals surface area contributed by atoms with Gasteiger partial charge in [0.25, 0.3) is 0 Å². The predicted molar refractivity (Wildman–Crippen MR) is 159 cm³/mol. The highest BCUT2D eigenvalue weighted by Gasteiger charge is 2.24. The minimum Gasteiger partial charge on any atom is -0.335 e. The Bertz CT molecular complexity index is 1490. The lowest BCUT2D eigenvalue weighted by atomic mass is 10.0. The molecule has 4 aromatic rings. The van der Waals surface area contributed by atoms with Crippen LogP contribution in [0.3, 0.4) is 0 Å². The van der Waals surface area contributed by atoms with Crippen molar-refractivity contribution in [2.24, 2.45) is 0 Å². The lowest BCUT2D eigenvalue weighted by Gasteiger charge is -2.19. The van der Waals surface area contributed by atoms with Gasteiger partial charge in [-0.2, -0.15) is 0 Å². The van der Waals surface area contributed by atoms with Crippen LogP contribution in [0, 0.1) is 12.3 Å². The van der Waals surface area contributed by atoms with Gasteiger partial charge in [-0.25, -0.2) is 0 Å². The number of hydrogen-bond acceptors (Lipinski definition) is 4. The lowest BCUT2D eigenvalue weighted by molar-refractivity contribution is 0.997. The van der Waals surface area contributed by atoms with Crippen LogP contribution in [0.25, 0.3) is 21.9 Å². The standard InChI is InChI=1S/C32H30N2S2/c1-4-23(19-31(33)35-29-17-15-25-13-9-10-14-27(25)22(29)3)20-32-34(5-2)28-21-26(16-18-30(28)36-32)24-11-7-6-8-12-24/h6-21,33H,4-5H2,1-3H3/b23-19-,32-20-,33-31?. The molecule has 0 aliphatic carbocycles. The van der Waals surface area contributed by atoms with Crippen LogP contribution < -0.4 is 4.90 Å². The Morgan fingerprint density at radius 1 is 0.917 bits per heavy atom. The molecule has 36 heavy (non-hydrogen) atoms. The second-order valence-corrected chi connectivity index (χ2v) is 11.0. The van der Waals surface area contributed by atoms with Gasteiger partial charge < -0.3 is 4.90 Å². The fourth-order valence-electron chi connectivity index (χ4n) is 4.58. The smallest absolute Gasteiger partial charge is 0.0920 e. The lowest BCUT2D eigenvalue weighted by Crippen LogP contribution is -2.16. The average molecular weight is 507 g/mol. The Morgan fingerprint density at radius 2 is 1.69 bits per heavy atom. The van der Waals surface area contributed by atoms with Crippen LogP contribution in [-0.4, -0.2) is 11.6 Å². The van der Waals surface area contributed by atoms with E-state index < -0.39 is 0 Å². The summed E-state index contributed by atoms with van der Waals surface area (Å²) < 4.78 is 0. The Hall–Kier alpha value is -3.21. The number of nitrogens with zero attached hydrogens (tertiary/aromatic N) is 1. The van der Waals surface area contributed by atoms with E-state index in [-0.39, 0.29) is 0 Å². The average Bonchev–Trinajstić information content (AvgIpc) is 3.26. The molecule has 4 heteroatoms. The molecule has 1 heterocycles. The van der Waals surface area contributed by atoms with Crippen LogP contribution in [0.5, 0.6) is 0 Å². The Kier molecular flexibility index (Phi) is 7.35. The number of rotatable bonds is 6. The van der Waals surface area contributed by atoms with E-state index in [4.69, 9.17) is 5.41 Å². The monoisotopic (exact) mass is 506 g/mol. The van der Waals surface area contributed by atoms with E-state index in [1.807, 2.05) is 17.8 Å². The summed E-state index contributed by atoms with van der Waals surface area (Å²) in [6.07, 6.45) is 5.17. The Labute approximate surface area is 222 Å². The first-order chi connectivity index (χ1) is 17.6. The highest BCUT2D eigenvalue weighted by atomic mass is 32.2. The van der Waals surface area contributed by atoms with E-state index in [0.29, 0.717) is 5.04 Å². The number of benzene rings is 4. The minimum absolute atomic E-state index is 0.567. The van der Waals surface area contributed by atoms with E-state index in [2.05, 4.69) is 117 Å². The largest absolute Gasteiger partial charge is 0.335 e. The zero-order chi connectivity index (χ0) is 25.1. The minimum atomic E-state index is 0.567. The molecule has 1 N–H and O–H groups in total. The molecule has 2 nitrogen and oxygen atoms in total. The summed E-state index contributed by atoms with van der Waals surface area (Å²) in [5, 5.41) is 13.0. The van der Waals surface area contributed by atoms with Gasteiger partial charge in [0, 0.05) is 16.3 Å². The molecule has 0 aromatic heterocycles. The van der Waals surface area contributed by atoms with Crippen LogP contribution in [0.2, 0.25) is 0 Å². The number of nitrogens with one attached hydrogen (secondary N) is 1. The molecule has 0 bridgehead atoms. The first-order valence-corrected chi connectivity index (χ1v) is 14.0. The SMILES string of the molecule is CCC(=C/C(=N)Sc1ccc2ccccc2c1C)/C=C1\Sc2ccc(-c3ccccc3)cc2N1CC. The number of allylic oxidation sites excluding steroid dienone is 2. The predicted octanol–water partition coefficient (Wildman–Crippen LogP) is 9.69. The van der Waals surface area contributed by atoms with E-state index in [9.17, 15) is 0 Å². The number of fused-ring (bicyclic) bond motifs is 2. The highest BCUT2D eigenvalue weighted by molar-refractivity contribution is 8.14. The maximum atomic E-state index is 8.72. The third-order valence-electron chi connectivity index (χ3n) is 6.56. The maximum Gasteiger partial charge on any atom is 0.0920 e. The van der Waals surface area contributed by atoms with Crippen molar-refractivity contribution in [3.8, 4) is 11.1 Å². The zero-order valence-electron chi connectivity index (χ0n) is 20.9. The van der Waals surface area contributed by atoms with Crippen molar-refractivity contribution >= 4 is 45.0 Å². The van der Waals surface area contributed by atoms with Crippen molar-refractivity contribution in [3.63, 3.8) is 0 Å². The van der Waals surface area contributed by atoms with E-state index in [0.717, 1.165) is 17.9 Å². The molecular formula is C32H30N2S2. The van der Waals surface area contributed by atoms with Gasteiger partial charge in [0.05, 0.1) is 15.8 Å². The number of aryl methyl sites for hydroxylation is 1. The van der Waals surface area contributed by atoms with Crippen LogP contribution >= 0.6 is 23.5 Å². The fourth-order valence-corrected chi connectivity index (χ4v) is 6.61. The summed E-state index contributed by atoms with van der Waals surface area (Å²) in [4.78, 5) is 4.82. The number of thioether (sulfide) groups is 2. The second-order valence-electron chi connectivity index (χ2n) is 8.83. The third kappa shape index (κ3) is 5.02. The van der Waals surface area contributed by atoms with Gasteiger partial charge in [-0.1, -0.05) is 97.2 Å². The van der Waals surface area contributed by atoms with Gasteiger partial charge in [0.1, 0.15) is 0 Å². The van der Waals surface area contributed by atoms with Crippen LogP contribution in [0.4, 0.5) is 5.69 Å². The van der Waals surface area contributed by atoms with Gasteiger partial charge >= 0.3 is 0 Å². The molecule has 0 saturated carbocycles. The fraction of sp³-hybridized carbons (Fsp3) is 0.156. The molecule has 0 atom stereocenters. The van der Waals surface area contributed by atoms with Gasteiger partial charge in [0.15, 0.2) is 0 Å². The Balaban J connectivity index is 1.39. The molecule has 0 amide bonds. The number of anilines is 1. The van der Waals surface area contributed by atoms with Crippen LogP contribution in [0.15, 0.2) is 117 Å². The summed E-state index contributed by atoms with van der Waals surface area (Å²) >= 11 is 3.36. The van der Waals surface area contributed by atoms with Gasteiger partial charge in [-0.05, 0) is 83.7 Å². The van der Waals surface area contributed by atoms with Gasteiger partial charge in [-0.3, -0.25) is 5.41 Å². The highest BCUT2D eigenvalue weighted by Crippen LogP contribution is 2.47. The maximum absolute atomic E-state index is 8.72. The van der Waals surface area contributed by atoms with E-state index in [1.54, 1.807) is 0 Å². The molecule has 0 spiro atoms. The van der Waals surface area contributed by atoms with Crippen molar-refractivity contribution in [2.45, 2.75) is 37.0 Å². The normalized spacial score (nSPS) is 14.5. The summed E-state index contributed by atoms with van der Waals surface area (Å²) in [6.45, 7) is 7.43. The Morgan fingerprint density at radius 3 is 2.47 bits per heavy atom. The summed E-state index contributed by atoms with van der Waals surface area (Å²) in [5.74, 6) is 0. The molecule has 1 aliphatic heterocycles. The zero-order valence-corrected chi connectivity index (χ0v) is 22.5. The van der Waals surface area contributed by atoms with Gasteiger partial charge in [0.2, 0.25) is 0 Å². The topological polar surface area (TPSA) is 27.1 Å². The summed E-state index contributed by atoms with van der Waals surface area (Å²) in [5.41, 5.74) is 6.15. The molecule has 1 aliphatic rings. The van der Waals surface area contributed by atoms with Crippen LogP contribution in [-0.2, 0) is 0 Å². The third-order valence-corrected chi connectivity index (χ3v) is 8.67. The number of hydrogen-bond donors (Lipinski definition) is 1. The quantitative estimate of drug-likeness (QED) is 0.160. The molecule has 5 rings (SSSR count). The van der Waals surface area contributed by atoms with Crippen molar-refractivity contribution in [1.29, 1.82) is 5.41 Å². The first kappa shape index (κ1) is 24.5. The second kappa shape index (κ2) is 10.8. The van der Waals surface area contributed by atoms with Crippen molar-refractivity contribution < 1.29 is 0 Å². The molecule has 180 valence electrons. The molecule has 0 saturated heterocycles. The first-order valence-electron chi connectivity index (χ1n) is 12.4. The summed E-state index contributed by atoms with van der Waals surface area (Å²) in [6, 6.07) is 30.1. The molecule has 0 unspecified atom stereocenters. The molecule has 4 aromatic carbocycles. The molecule has 0 fully saturated rings. The summed E-state index contributed by atoms with van der Waals surface area (Å²) in [7, 11) is 0. The van der Waals surface area contributed by atoms with Crippen LogP contribution in [0.1, 0.15) is 25.8 Å². The molecular weight excluding hydrogens is 477 g/mol. The van der Waals surface area contributed by atoms with Crippen molar-refractivity contribution in [2.75, 3.05) is 11.4 Å². The van der Waals surface area contributed by atoms with E-state index >= 15 is 0 Å². The van der Waals surface area contributed by atoms with Crippen molar-refractivity contribution in [1.82, 2.24) is 0 Å². The van der Waals surface area contributed by atoms with Gasteiger partial charge in [-0.15, -0.1) is 0 Å². The van der Waals surface area contributed by atoms with E-state index in [1.165, 1.54) is 60.4 Å².